The second-order valence-corrected chi connectivity index (χ2v) is 7.05. The van der Waals surface area contributed by atoms with E-state index < -0.39 is 5.97 Å². The molecule has 138 valence electrons. The van der Waals surface area contributed by atoms with Crippen molar-refractivity contribution in [2.24, 2.45) is 0 Å². The van der Waals surface area contributed by atoms with Crippen molar-refractivity contribution in [3.05, 3.63) is 63.0 Å². The van der Waals surface area contributed by atoms with Crippen LogP contribution < -0.4 is 4.74 Å². The highest BCUT2D eigenvalue weighted by atomic mass is 35.5. The summed E-state index contributed by atoms with van der Waals surface area (Å²) in [6.45, 7) is 0. The molecule has 0 saturated heterocycles. The van der Waals surface area contributed by atoms with Crippen LogP contribution in [0.5, 0.6) is 5.75 Å². The van der Waals surface area contributed by atoms with Crippen molar-refractivity contribution in [3.8, 4) is 17.2 Å². The number of aromatic nitrogens is 2. The molecule has 0 aliphatic heterocycles. The van der Waals surface area contributed by atoms with Gasteiger partial charge in [0.2, 0.25) is 0 Å². The minimum Gasteiger partial charge on any atom is -0.496 e. The number of benzene rings is 2. The minimum absolute atomic E-state index is 0.0191. The van der Waals surface area contributed by atoms with Crippen molar-refractivity contribution in [2.75, 3.05) is 7.11 Å². The molecule has 0 unspecified atom stereocenters. The molecule has 0 aliphatic rings. The molecule has 1 heterocycles. The summed E-state index contributed by atoms with van der Waals surface area (Å²) in [5.41, 5.74) is 1.20. The van der Waals surface area contributed by atoms with E-state index >= 15 is 0 Å². The van der Waals surface area contributed by atoms with Gasteiger partial charge in [0, 0.05) is 10.0 Å². The Morgan fingerprint density at radius 3 is 2.52 bits per heavy atom. The van der Waals surface area contributed by atoms with E-state index in [1.807, 2.05) is 0 Å². The first-order chi connectivity index (χ1) is 13.0. The van der Waals surface area contributed by atoms with E-state index in [2.05, 4.69) is 10.2 Å². The van der Waals surface area contributed by atoms with Crippen molar-refractivity contribution in [1.29, 1.82) is 0 Å². The van der Waals surface area contributed by atoms with Crippen LogP contribution in [0.4, 0.5) is 0 Å². The third-order valence-corrected chi connectivity index (χ3v) is 4.71. The fraction of sp³-hybridized carbons (Fsp3) is 0.0556. The fourth-order valence-electron chi connectivity index (χ4n) is 2.15. The molecular weight excluding hydrogens is 411 g/mol. The molecule has 0 radical (unpaired) electrons. The summed E-state index contributed by atoms with van der Waals surface area (Å²) in [7, 11) is 1.51. The predicted molar refractivity (Wildman–Crippen MR) is 104 cm³/mol. The smallest absolute Gasteiger partial charge is 0.342 e. The van der Waals surface area contributed by atoms with Crippen LogP contribution in [0.25, 0.3) is 17.5 Å². The molecule has 2 aromatic carbocycles. The van der Waals surface area contributed by atoms with Crippen molar-refractivity contribution in [1.82, 2.24) is 10.2 Å². The quantitative estimate of drug-likeness (QED) is 0.427. The molecule has 0 atom stereocenters. The lowest BCUT2D eigenvalue weighted by atomic mass is 10.2. The van der Waals surface area contributed by atoms with Crippen LogP contribution >= 0.6 is 35.0 Å². The Morgan fingerprint density at radius 1 is 1.15 bits per heavy atom. The highest BCUT2D eigenvalue weighted by molar-refractivity contribution is 8.03. The van der Waals surface area contributed by atoms with Gasteiger partial charge in [-0.05, 0) is 53.7 Å². The zero-order valence-electron chi connectivity index (χ0n) is 13.8. The van der Waals surface area contributed by atoms with Gasteiger partial charge in [-0.1, -0.05) is 35.3 Å². The number of ether oxygens (including phenoxy) is 1. The molecule has 0 spiro atoms. The van der Waals surface area contributed by atoms with Crippen molar-refractivity contribution >= 4 is 47.0 Å². The average Bonchev–Trinajstić information content (AvgIpc) is 3.11. The van der Waals surface area contributed by atoms with Gasteiger partial charge in [0.1, 0.15) is 10.7 Å². The number of carbonyl (C=O) groups is 1. The van der Waals surface area contributed by atoms with Crippen molar-refractivity contribution in [2.45, 2.75) is 5.22 Å². The van der Waals surface area contributed by atoms with E-state index in [0.29, 0.717) is 26.9 Å². The first kappa shape index (κ1) is 19.3. The van der Waals surface area contributed by atoms with Gasteiger partial charge in [0.05, 0.1) is 12.7 Å². The van der Waals surface area contributed by atoms with Crippen LogP contribution in [0.1, 0.15) is 5.56 Å². The van der Waals surface area contributed by atoms with Crippen LogP contribution in [0.3, 0.4) is 0 Å². The lowest BCUT2D eigenvalue weighted by Gasteiger charge is -2.04. The van der Waals surface area contributed by atoms with E-state index in [-0.39, 0.29) is 16.0 Å². The lowest BCUT2D eigenvalue weighted by Crippen LogP contribution is -1.96. The first-order valence-corrected chi connectivity index (χ1v) is 9.09. The molecular formula is C18H12Cl2N2O4S. The van der Waals surface area contributed by atoms with Crippen LogP contribution in [0.2, 0.25) is 10.0 Å². The molecule has 0 saturated carbocycles. The SMILES string of the molecule is COc1ccc(Cl)cc1-c1nnc(S/C(=C\c2ccc(Cl)cc2)C(=O)O)o1. The average molecular weight is 423 g/mol. The van der Waals surface area contributed by atoms with Gasteiger partial charge >= 0.3 is 5.97 Å². The highest BCUT2D eigenvalue weighted by Crippen LogP contribution is 2.35. The molecule has 1 N–H and O–H groups in total. The number of nitrogens with zero attached hydrogens (tertiary/aromatic N) is 2. The molecule has 0 bridgehead atoms. The number of halogens is 2. The molecule has 0 aliphatic carbocycles. The Bertz CT molecular complexity index is 1000. The molecule has 0 amide bonds. The number of thioether (sulfide) groups is 1. The fourth-order valence-corrected chi connectivity index (χ4v) is 3.12. The number of rotatable bonds is 6. The molecule has 9 heteroatoms. The predicted octanol–water partition coefficient (Wildman–Crippen LogP) is 5.27. The topological polar surface area (TPSA) is 85.5 Å². The third kappa shape index (κ3) is 4.82. The number of hydrogen-bond donors (Lipinski definition) is 1. The maximum Gasteiger partial charge on any atom is 0.342 e. The number of carboxylic acid groups (broad SMARTS) is 1. The van der Waals surface area contributed by atoms with Crippen molar-refractivity contribution < 1.29 is 19.1 Å². The van der Waals surface area contributed by atoms with Gasteiger partial charge in [0.25, 0.3) is 11.1 Å². The summed E-state index contributed by atoms with van der Waals surface area (Å²) < 4.78 is 10.8. The molecule has 3 rings (SSSR count). The first-order valence-electron chi connectivity index (χ1n) is 7.52. The van der Waals surface area contributed by atoms with Crippen LogP contribution in [-0.4, -0.2) is 28.4 Å². The largest absolute Gasteiger partial charge is 0.496 e. The summed E-state index contributed by atoms with van der Waals surface area (Å²) in [6.07, 6.45) is 1.49. The number of hydrogen-bond acceptors (Lipinski definition) is 6. The summed E-state index contributed by atoms with van der Waals surface area (Å²) >= 11 is 12.7. The van der Waals surface area contributed by atoms with E-state index in [1.165, 1.54) is 13.2 Å². The lowest BCUT2D eigenvalue weighted by molar-refractivity contribution is -0.131. The van der Waals surface area contributed by atoms with E-state index in [9.17, 15) is 9.90 Å². The van der Waals surface area contributed by atoms with E-state index in [4.69, 9.17) is 32.4 Å². The Labute approximate surface area is 168 Å². The second-order valence-electron chi connectivity index (χ2n) is 5.19. The molecule has 3 aromatic rings. The Hall–Kier alpha value is -2.48. The summed E-state index contributed by atoms with van der Waals surface area (Å²) in [5.74, 6) is -0.433. The molecule has 6 nitrogen and oxygen atoms in total. The summed E-state index contributed by atoms with van der Waals surface area (Å²) in [6, 6.07) is 11.8. The Morgan fingerprint density at radius 2 is 1.85 bits per heavy atom. The Kier molecular flexibility index (Phi) is 6.05. The van der Waals surface area contributed by atoms with Gasteiger partial charge in [-0.2, -0.15) is 0 Å². The molecule has 27 heavy (non-hydrogen) atoms. The number of methoxy groups -OCH3 is 1. The monoisotopic (exact) mass is 422 g/mol. The third-order valence-electron chi connectivity index (χ3n) is 3.37. The maximum absolute atomic E-state index is 11.6. The van der Waals surface area contributed by atoms with Crippen LogP contribution in [-0.2, 0) is 4.79 Å². The Balaban J connectivity index is 1.88. The molecule has 0 fully saturated rings. The van der Waals surface area contributed by atoms with Gasteiger partial charge in [-0.15, -0.1) is 10.2 Å². The van der Waals surface area contributed by atoms with Crippen molar-refractivity contribution in [3.63, 3.8) is 0 Å². The van der Waals surface area contributed by atoms with Crippen LogP contribution in [0, 0.1) is 0 Å². The van der Waals surface area contributed by atoms with Gasteiger partial charge in [-0.3, -0.25) is 0 Å². The normalized spacial score (nSPS) is 11.4. The van der Waals surface area contributed by atoms with Gasteiger partial charge in [0.15, 0.2) is 0 Å². The maximum atomic E-state index is 11.6. The van der Waals surface area contributed by atoms with Gasteiger partial charge in [-0.25, -0.2) is 4.79 Å². The standard InChI is InChI=1S/C18H12Cl2N2O4S/c1-25-14-7-6-12(20)9-13(14)16-21-22-18(26-16)27-15(17(23)24)8-10-2-4-11(19)5-3-10/h2-9H,1H3,(H,23,24)/b15-8-. The van der Waals surface area contributed by atoms with E-state index in [1.54, 1.807) is 42.5 Å². The van der Waals surface area contributed by atoms with Crippen LogP contribution in [0.15, 0.2) is 57.0 Å². The van der Waals surface area contributed by atoms with E-state index in [0.717, 1.165) is 11.8 Å². The van der Waals surface area contributed by atoms with Gasteiger partial charge < -0.3 is 14.3 Å². The highest BCUT2D eigenvalue weighted by Gasteiger charge is 2.18. The zero-order valence-corrected chi connectivity index (χ0v) is 16.2. The zero-order chi connectivity index (χ0) is 19.4. The molecule has 1 aromatic heterocycles. The number of aliphatic carboxylic acids is 1. The summed E-state index contributed by atoms with van der Waals surface area (Å²) in [4.78, 5) is 11.6. The summed E-state index contributed by atoms with van der Waals surface area (Å²) in [5, 5.41) is 18.4. The second kappa shape index (κ2) is 8.47. The minimum atomic E-state index is -1.12. The number of carboxylic acids is 1.